The number of benzene rings is 2. The number of aromatic nitrogens is 2. The number of carbonyl (C=O) groups is 2. The molecule has 2 N–H and O–H groups in total. The van der Waals surface area contributed by atoms with E-state index in [9.17, 15) is 40.7 Å². The molecule has 0 radical (unpaired) electrons. The van der Waals surface area contributed by atoms with Crippen molar-refractivity contribution < 1.29 is 58.9 Å². The number of sulfone groups is 1. The average molecular weight is 698 g/mol. The first-order valence-corrected chi connectivity index (χ1v) is 15.1. The van der Waals surface area contributed by atoms with Crippen molar-refractivity contribution in [3.8, 4) is 5.75 Å². The second-order valence-corrected chi connectivity index (χ2v) is 12.4. The SMILES string of the molecule is COc1ccc(COC(C)(NC(=O)c2cc(C)c(C(c3c(F)ccc(F)c3F)S(=O)(=O)c3ccc(C(F)(F)F)nc3)cn2)C(=O)O)cc1. The molecular formula is C31H25F6N3O7S. The van der Waals surface area contributed by atoms with Gasteiger partial charge in [-0.3, -0.25) is 14.8 Å². The number of aryl methyl sites for hydroxylation is 1. The van der Waals surface area contributed by atoms with Gasteiger partial charge in [0.1, 0.15) is 28.2 Å². The molecule has 0 fully saturated rings. The van der Waals surface area contributed by atoms with E-state index < -0.39 is 83.7 Å². The molecule has 0 aliphatic carbocycles. The van der Waals surface area contributed by atoms with Gasteiger partial charge in [-0.05, 0) is 73.0 Å². The summed E-state index contributed by atoms with van der Waals surface area (Å²) in [4.78, 5) is 31.3. The van der Waals surface area contributed by atoms with E-state index in [0.29, 0.717) is 41.8 Å². The van der Waals surface area contributed by atoms with Crippen LogP contribution in [0.1, 0.15) is 50.6 Å². The first kappa shape index (κ1) is 35.8. The van der Waals surface area contributed by atoms with E-state index in [1.807, 2.05) is 0 Å². The van der Waals surface area contributed by atoms with Gasteiger partial charge < -0.3 is 19.9 Å². The summed E-state index contributed by atoms with van der Waals surface area (Å²) in [5, 5.41) is 9.55. The normalized spacial score (nSPS) is 13.8. The van der Waals surface area contributed by atoms with Gasteiger partial charge >= 0.3 is 12.1 Å². The zero-order chi connectivity index (χ0) is 35.6. The Bertz CT molecular complexity index is 1960. The third-order valence-electron chi connectivity index (χ3n) is 7.12. The van der Waals surface area contributed by atoms with Gasteiger partial charge in [0.15, 0.2) is 21.5 Å². The number of carbonyl (C=O) groups excluding carboxylic acids is 1. The standard InChI is InChI=1S/C31H25F6N3O7S/c1-16-12-23(28(41)40-30(2,29(42)43)47-15-17-4-6-18(46-3)7-5-17)38-14-20(16)27(25-21(32)9-10-22(33)26(25)34)48(44,45)19-8-11-24(39-13-19)31(35,36)37/h4-14,27H,15H2,1-3H3,(H,40,41)(H,42,43). The van der Waals surface area contributed by atoms with Gasteiger partial charge in [0.05, 0.1) is 18.6 Å². The van der Waals surface area contributed by atoms with E-state index in [-0.39, 0.29) is 12.2 Å². The van der Waals surface area contributed by atoms with Crippen molar-refractivity contribution in [1.29, 1.82) is 0 Å². The number of rotatable bonds is 11. The van der Waals surface area contributed by atoms with Crippen molar-refractivity contribution >= 4 is 21.7 Å². The number of ether oxygens (including phenoxy) is 2. The minimum absolute atomic E-state index is 0.150. The Morgan fingerprint density at radius 1 is 0.958 bits per heavy atom. The number of hydrogen-bond donors (Lipinski definition) is 2. The summed E-state index contributed by atoms with van der Waals surface area (Å²) in [6.45, 7) is 2.00. The van der Waals surface area contributed by atoms with E-state index in [2.05, 4.69) is 15.3 Å². The van der Waals surface area contributed by atoms with Crippen LogP contribution in [-0.2, 0) is 32.2 Å². The maximum atomic E-state index is 15.1. The molecule has 48 heavy (non-hydrogen) atoms. The molecule has 0 aliphatic heterocycles. The van der Waals surface area contributed by atoms with Crippen LogP contribution in [0.25, 0.3) is 0 Å². The number of carboxylic acids is 1. The smallest absolute Gasteiger partial charge is 0.433 e. The molecule has 0 bridgehead atoms. The lowest BCUT2D eigenvalue weighted by Crippen LogP contribution is -2.54. The lowest BCUT2D eigenvalue weighted by atomic mass is 10.00. The molecule has 254 valence electrons. The molecular weight excluding hydrogens is 672 g/mol. The van der Waals surface area contributed by atoms with Gasteiger partial charge in [-0.2, -0.15) is 13.2 Å². The summed E-state index contributed by atoms with van der Waals surface area (Å²) < 4.78 is 122. The Labute approximate surface area is 269 Å². The topological polar surface area (TPSA) is 145 Å². The number of amides is 1. The van der Waals surface area contributed by atoms with Gasteiger partial charge in [-0.25, -0.2) is 26.4 Å². The van der Waals surface area contributed by atoms with Crippen molar-refractivity contribution in [3.05, 3.63) is 118 Å². The first-order valence-electron chi connectivity index (χ1n) is 13.6. The van der Waals surface area contributed by atoms with Crippen LogP contribution in [0.5, 0.6) is 5.75 Å². The molecule has 4 rings (SSSR count). The number of pyridine rings is 2. The van der Waals surface area contributed by atoms with Crippen LogP contribution in [0.2, 0.25) is 0 Å². The van der Waals surface area contributed by atoms with Crippen LogP contribution in [0.4, 0.5) is 26.3 Å². The van der Waals surface area contributed by atoms with Crippen LogP contribution in [-0.4, -0.2) is 48.2 Å². The monoisotopic (exact) mass is 697 g/mol. The Morgan fingerprint density at radius 2 is 1.60 bits per heavy atom. The summed E-state index contributed by atoms with van der Waals surface area (Å²) in [5.41, 5.74) is -5.64. The molecule has 2 atom stereocenters. The molecule has 0 saturated carbocycles. The summed E-state index contributed by atoms with van der Waals surface area (Å²) in [5.74, 6) is -7.19. The summed E-state index contributed by atoms with van der Waals surface area (Å²) in [6, 6.07) is 9.12. The number of nitrogens with one attached hydrogen (secondary N) is 1. The Hall–Kier alpha value is -5.03. The van der Waals surface area contributed by atoms with Gasteiger partial charge in [0.2, 0.25) is 5.72 Å². The summed E-state index contributed by atoms with van der Waals surface area (Å²) in [7, 11) is -3.63. The Kier molecular flexibility index (Phi) is 10.1. The third-order valence-corrected chi connectivity index (χ3v) is 9.13. The quantitative estimate of drug-likeness (QED) is 0.117. The average Bonchev–Trinajstić information content (AvgIpc) is 3.04. The maximum Gasteiger partial charge on any atom is 0.433 e. The Balaban J connectivity index is 1.72. The van der Waals surface area contributed by atoms with E-state index in [1.165, 1.54) is 14.0 Å². The fraction of sp³-hybridized carbons (Fsp3) is 0.226. The highest BCUT2D eigenvalue weighted by atomic mass is 32.2. The van der Waals surface area contributed by atoms with Gasteiger partial charge in [-0.15, -0.1) is 0 Å². The number of aliphatic carboxylic acids is 1. The molecule has 0 saturated heterocycles. The summed E-state index contributed by atoms with van der Waals surface area (Å²) in [6.07, 6.45) is -3.86. The highest BCUT2D eigenvalue weighted by Gasteiger charge is 2.40. The third kappa shape index (κ3) is 7.41. The van der Waals surface area contributed by atoms with E-state index in [1.54, 1.807) is 24.3 Å². The van der Waals surface area contributed by atoms with E-state index in [4.69, 9.17) is 9.47 Å². The van der Waals surface area contributed by atoms with Crippen molar-refractivity contribution in [2.75, 3.05) is 7.11 Å². The van der Waals surface area contributed by atoms with Gasteiger partial charge in [-0.1, -0.05) is 12.1 Å². The fourth-order valence-electron chi connectivity index (χ4n) is 4.46. The van der Waals surface area contributed by atoms with E-state index in [0.717, 1.165) is 19.2 Å². The molecule has 2 heterocycles. The molecule has 17 heteroatoms. The molecule has 0 aliphatic rings. The Morgan fingerprint density at radius 3 is 2.15 bits per heavy atom. The molecule has 4 aromatic rings. The van der Waals surface area contributed by atoms with Crippen molar-refractivity contribution in [3.63, 3.8) is 0 Å². The van der Waals surface area contributed by atoms with Crippen molar-refractivity contribution in [2.45, 2.75) is 42.5 Å². The van der Waals surface area contributed by atoms with Crippen LogP contribution in [0.15, 0.2) is 71.9 Å². The zero-order valence-corrected chi connectivity index (χ0v) is 25.9. The largest absolute Gasteiger partial charge is 0.497 e. The highest BCUT2D eigenvalue weighted by molar-refractivity contribution is 7.91. The van der Waals surface area contributed by atoms with Crippen LogP contribution in [0.3, 0.4) is 0 Å². The second-order valence-electron chi connectivity index (χ2n) is 10.4. The van der Waals surface area contributed by atoms with Crippen LogP contribution in [0, 0.1) is 24.4 Å². The van der Waals surface area contributed by atoms with Crippen LogP contribution >= 0.6 is 0 Å². The lowest BCUT2D eigenvalue weighted by molar-refractivity contribution is -0.168. The number of hydrogen-bond acceptors (Lipinski definition) is 8. The summed E-state index contributed by atoms with van der Waals surface area (Å²) >= 11 is 0. The van der Waals surface area contributed by atoms with Crippen molar-refractivity contribution in [2.24, 2.45) is 0 Å². The lowest BCUT2D eigenvalue weighted by Gasteiger charge is -2.26. The predicted octanol–water partition coefficient (Wildman–Crippen LogP) is 5.54. The fourth-order valence-corrected chi connectivity index (χ4v) is 6.30. The molecule has 2 aromatic carbocycles. The number of methoxy groups -OCH3 is 1. The van der Waals surface area contributed by atoms with Crippen molar-refractivity contribution in [1.82, 2.24) is 15.3 Å². The first-order chi connectivity index (χ1) is 22.4. The molecule has 2 unspecified atom stereocenters. The molecule has 10 nitrogen and oxygen atoms in total. The van der Waals surface area contributed by atoms with E-state index >= 15 is 8.78 Å². The maximum absolute atomic E-state index is 15.1. The number of carboxylic acid groups (broad SMARTS) is 1. The minimum atomic E-state index is -5.09. The van der Waals surface area contributed by atoms with Gasteiger partial charge in [0.25, 0.3) is 5.91 Å². The second kappa shape index (κ2) is 13.6. The highest BCUT2D eigenvalue weighted by Crippen LogP contribution is 2.40. The minimum Gasteiger partial charge on any atom is -0.497 e. The van der Waals surface area contributed by atoms with Gasteiger partial charge in [0, 0.05) is 18.0 Å². The molecule has 2 aromatic heterocycles. The van der Waals surface area contributed by atoms with Crippen LogP contribution < -0.4 is 10.1 Å². The number of alkyl halides is 3. The molecule has 0 spiro atoms. The number of nitrogens with zero attached hydrogens (tertiary/aromatic N) is 2. The number of halogens is 6. The zero-order valence-electron chi connectivity index (χ0n) is 25.1. The predicted molar refractivity (Wildman–Crippen MR) is 155 cm³/mol. The molecule has 1 amide bonds.